The number of ether oxygens (including phenoxy) is 1. The molecular weight excluding hydrogens is 284 g/mol. The maximum absolute atomic E-state index is 11.8. The van der Waals surface area contributed by atoms with Crippen LogP contribution in [0.4, 0.5) is 10.5 Å². The van der Waals surface area contributed by atoms with Crippen molar-refractivity contribution in [2.24, 2.45) is 0 Å². The highest BCUT2D eigenvalue weighted by molar-refractivity contribution is 7.80. The minimum absolute atomic E-state index is 0.231. The molecule has 21 heavy (non-hydrogen) atoms. The zero-order valence-corrected chi connectivity index (χ0v) is 12.7. The SMILES string of the molecule is COc1ccc(CCNC(=O)Nc2ccccc2S)cc1. The van der Waals surface area contributed by atoms with Crippen molar-refractivity contribution in [3.8, 4) is 5.75 Å². The first kappa shape index (κ1) is 15.3. The molecule has 2 rings (SSSR count). The number of carbonyl (C=O) groups is 1. The molecular formula is C16H18N2O2S. The van der Waals surface area contributed by atoms with Crippen LogP contribution in [0.15, 0.2) is 53.4 Å². The van der Waals surface area contributed by atoms with Crippen LogP contribution in [-0.2, 0) is 6.42 Å². The Morgan fingerprint density at radius 2 is 1.86 bits per heavy atom. The molecule has 0 atom stereocenters. The molecule has 0 aliphatic heterocycles. The van der Waals surface area contributed by atoms with Gasteiger partial charge in [0.25, 0.3) is 0 Å². The van der Waals surface area contributed by atoms with E-state index in [1.54, 1.807) is 7.11 Å². The molecule has 0 radical (unpaired) electrons. The lowest BCUT2D eigenvalue weighted by Crippen LogP contribution is -2.30. The third kappa shape index (κ3) is 4.72. The Kier molecular flexibility index (Phi) is 5.51. The quantitative estimate of drug-likeness (QED) is 0.742. The number of para-hydroxylation sites is 1. The van der Waals surface area contributed by atoms with E-state index < -0.39 is 0 Å². The number of benzene rings is 2. The molecule has 2 aromatic rings. The maximum Gasteiger partial charge on any atom is 0.319 e. The normalized spacial score (nSPS) is 10.0. The van der Waals surface area contributed by atoms with E-state index in [1.807, 2.05) is 48.5 Å². The molecule has 0 aliphatic carbocycles. The van der Waals surface area contributed by atoms with Gasteiger partial charge < -0.3 is 15.4 Å². The van der Waals surface area contributed by atoms with Crippen molar-refractivity contribution in [3.05, 3.63) is 54.1 Å². The van der Waals surface area contributed by atoms with Gasteiger partial charge >= 0.3 is 6.03 Å². The average molecular weight is 302 g/mol. The van der Waals surface area contributed by atoms with Crippen molar-refractivity contribution < 1.29 is 9.53 Å². The van der Waals surface area contributed by atoms with Crippen molar-refractivity contribution in [1.82, 2.24) is 5.32 Å². The lowest BCUT2D eigenvalue weighted by Gasteiger charge is -2.09. The van der Waals surface area contributed by atoms with E-state index in [1.165, 1.54) is 0 Å². The molecule has 0 aromatic heterocycles. The second-order valence-corrected chi connectivity index (χ2v) is 4.98. The largest absolute Gasteiger partial charge is 0.497 e. The Balaban J connectivity index is 1.77. The van der Waals surface area contributed by atoms with E-state index in [0.29, 0.717) is 12.2 Å². The van der Waals surface area contributed by atoms with Crippen molar-refractivity contribution >= 4 is 24.3 Å². The molecule has 0 saturated heterocycles. The lowest BCUT2D eigenvalue weighted by molar-refractivity contribution is 0.252. The van der Waals surface area contributed by atoms with E-state index >= 15 is 0 Å². The first-order chi connectivity index (χ1) is 10.2. The second-order valence-electron chi connectivity index (χ2n) is 4.50. The first-order valence-corrected chi connectivity index (χ1v) is 7.09. The number of hydrogen-bond donors (Lipinski definition) is 3. The van der Waals surface area contributed by atoms with Gasteiger partial charge in [0.2, 0.25) is 0 Å². The Labute approximate surface area is 129 Å². The van der Waals surface area contributed by atoms with Gasteiger partial charge in [-0.05, 0) is 36.2 Å². The van der Waals surface area contributed by atoms with Gasteiger partial charge in [0.05, 0.1) is 12.8 Å². The number of urea groups is 1. The number of amides is 2. The maximum atomic E-state index is 11.8. The highest BCUT2D eigenvalue weighted by Gasteiger charge is 2.03. The molecule has 2 aromatic carbocycles. The van der Waals surface area contributed by atoms with Crippen LogP contribution in [0.25, 0.3) is 0 Å². The smallest absolute Gasteiger partial charge is 0.319 e. The summed E-state index contributed by atoms with van der Waals surface area (Å²) in [6.45, 7) is 0.562. The summed E-state index contributed by atoms with van der Waals surface area (Å²) >= 11 is 4.29. The fourth-order valence-electron chi connectivity index (χ4n) is 1.86. The number of carbonyl (C=O) groups excluding carboxylic acids is 1. The second kappa shape index (κ2) is 7.59. The number of rotatable bonds is 5. The van der Waals surface area contributed by atoms with Gasteiger partial charge in [0.1, 0.15) is 5.75 Å². The molecule has 0 unspecified atom stereocenters. The molecule has 0 bridgehead atoms. The third-order valence-corrected chi connectivity index (χ3v) is 3.40. The van der Waals surface area contributed by atoms with E-state index in [0.717, 1.165) is 22.6 Å². The average Bonchev–Trinajstić information content (AvgIpc) is 2.50. The first-order valence-electron chi connectivity index (χ1n) is 6.65. The standard InChI is InChI=1S/C16H18N2O2S/c1-20-13-8-6-12(7-9-13)10-11-17-16(19)18-14-4-2-3-5-15(14)21/h2-9,21H,10-11H2,1H3,(H2,17,18,19). The van der Waals surface area contributed by atoms with E-state index in [2.05, 4.69) is 23.3 Å². The summed E-state index contributed by atoms with van der Waals surface area (Å²) in [5.74, 6) is 0.829. The van der Waals surface area contributed by atoms with Crippen molar-refractivity contribution in [2.75, 3.05) is 19.0 Å². The van der Waals surface area contributed by atoms with Gasteiger partial charge in [0.15, 0.2) is 0 Å². The Bertz CT molecular complexity index is 599. The third-order valence-electron chi connectivity index (χ3n) is 3.01. The molecule has 2 amide bonds. The predicted octanol–water partition coefficient (Wildman–Crippen LogP) is 3.35. The lowest BCUT2D eigenvalue weighted by atomic mass is 10.1. The van der Waals surface area contributed by atoms with Crippen LogP contribution in [0, 0.1) is 0 Å². The van der Waals surface area contributed by atoms with Gasteiger partial charge in [-0.3, -0.25) is 0 Å². The summed E-state index contributed by atoms with van der Waals surface area (Å²) in [5, 5.41) is 5.59. The highest BCUT2D eigenvalue weighted by Crippen LogP contribution is 2.18. The van der Waals surface area contributed by atoms with Crippen LogP contribution >= 0.6 is 12.6 Å². The molecule has 2 N–H and O–H groups in total. The number of anilines is 1. The summed E-state index contributed by atoms with van der Waals surface area (Å²) in [5.41, 5.74) is 1.84. The fraction of sp³-hybridized carbons (Fsp3) is 0.188. The number of methoxy groups -OCH3 is 1. The molecule has 0 spiro atoms. The highest BCUT2D eigenvalue weighted by atomic mass is 32.1. The summed E-state index contributed by atoms with van der Waals surface area (Å²) in [6.07, 6.45) is 0.764. The summed E-state index contributed by atoms with van der Waals surface area (Å²) in [6, 6.07) is 14.9. The zero-order chi connectivity index (χ0) is 15.1. The topological polar surface area (TPSA) is 50.4 Å². The molecule has 0 fully saturated rings. The number of thiol groups is 1. The Morgan fingerprint density at radius 1 is 1.14 bits per heavy atom. The van der Waals surface area contributed by atoms with Crippen LogP contribution in [0.3, 0.4) is 0 Å². The van der Waals surface area contributed by atoms with E-state index in [-0.39, 0.29) is 6.03 Å². The Morgan fingerprint density at radius 3 is 2.52 bits per heavy atom. The van der Waals surface area contributed by atoms with Gasteiger partial charge in [-0.15, -0.1) is 12.6 Å². The molecule has 110 valence electrons. The number of nitrogens with one attached hydrogen (secondary N) is 2. The van der Waals surface area contributed by atoms with Gasteiger partial charge in [-0.2, -0.15) is 0 Å². The van der Waals surface area contributed by atoms with E-state index in [9.17, 15) is 4.79 Å². The molecule has 0 aliphatic rings. The van der Waals surface area contributed by atoms with Crippen molar-refractivity contribution in [1.29, 1.82) is 0 Å². The number of hydrogen-bond acceptors (Lipinski definition) is 3. The van der Waals surface area contributed by atoms with Gasteiger partial charge in [-0.1, -0.05) is 24.3 Å². The van der Waals surface area contributed by atoms with Crippen LogP contribution in [-0.4, -0.2) is 19.7 Å². The van der Waals surface area contributed by atoms with Crippen LogP contribution in [0.2, 0.25) is 0 Å². The van der Waals surface area contributed by atoms with Crippen molar-refractivity contribution in [3.63, 3.8) is 0 Å². The van der Waals surface area contributed by atoms with Crippen LogP contribution < -0.4 is 15.4 Å². The van der Waals surface area contributed by atoms with Crippen LogP contribution in [0.1, 0.15) is 5.56 Å². The van der Waals surface area contributed by atoms with E-state index in [4.69, 9.17) is 4.74 Å². The van der Waals surface area contributed by atoms with Crippen LogP contribution in [0.5, 0.6) is 5.75 Å². The summed E-state index contributed by atoms with van der Waals surface area (Å²) < 4.78 is 5.10. The summed E-state index contributed by atoms with van der Waals surface area (Å²) in [7, 11) is 1.64. The molecule has 0 saturated carbocycles. The van der Waals surface area contributed by atoms with Crippen molar-refractivity contribution in [2.45, 2.75) is 11.3 Å². The fourth-order valence-corrected chi connectivity index (χ4v) is 2.07. The minimum atomic E-state index is -0.231. The predicted molar refractivity (Wildman–Crippen MR) is 87.4 cm³/mol. The Hall–Kier alpha value is -2.14. The minimum Gasteiger partial charge on any atom is -0.497 e. The monoisotopic (exact) mass is 302 g/mol. The molecule has 0 heterocycles. The molecule has 5 heteroatoms. The van der Waals surface area contributed by atoms with Gasteiger partial charge in [0, 0.05) is 11.4 Å². The molecule has 4 nitrogen and oxygen atoms in total. The van der Waals surface area contributed by atoms with Gasteiger partial charge in [-0.25, -0.2) is 4.79 Å². The zero-order valence-electron chi connectivity index (χ0n) is 11.8. The summed E-state index contributed by atoms with van der Waals surface area (Å²) in [4.78, 5) is 12.5.